The summed E-state index contributed by atoms with van der Waals surface area (Å²) in [5.41, 5.74) is 14.7. The minimum Gasteiger partial charge on any atom is -0.857 e. The quantitative estimate of drug-likeness (QED) is 0.111. The maximum absolute atomic E-state index is 8.25. The van der Waals surface area contributed by atoms with Crippen molar-refractivity contribution in [3.63, 3.8) is 0 Å². The summed E-state index contributed by atoms with van der Waals surface area (Å²) in [4.78, 5) is 23.2. The molecule has 244 valence electrons. The molecule has 4 rings (SSSR count). The summed E-state index contributed by atoms with van der Waals surface area (Å²) in [7, 11) is 0.750. The smallest absolute Gasteiger partial charge is 0 e. The van der Waals surface area contributed by atoms with Gasteiger partial charge in [0.05, 0.1) is 0 Å². The third-order valence-corrected chi connectivity index (χ3v) is 6.74. The molecule has 0 atom stereocenters. The van der Waals surface area contributed by atoms with Gasteiger partial charge < -0.3 is 19.5 Å². The van der Waals surface area contributed by atoms with Crippen molar-refractivity contribution in [3.05, 3.63) is 116 Å². The second kappa shape index (κ2) is 39.8. The van der Waals surface area contributed by atoms with E-state index in [1.807, 2.05) is 60.7 Å². The Morgan fingerprint density at radius 3 is 0.667 bits per heavy atom. The van der Waals surface area contributed by atoms with Crippen LogP contribution in [0.1, 0.15) is 55.6 Å². The van der Waals surface area contributed by atoms with Crippen LogP contribution in [0, 0.1) is 69.2 Å². The monoisotopic (exact) mass is 832 g/mol. The van der Waals surface area contributed by atoms with Gasteiger partial charge in [-0.2, -0.15) is 99.1 Å². The Kier molecular flexibility index (Phi) is 56.8. The minimum absolute atomic E-state index is 0. The first kappa shape index (κ1) is 60.0. The molecular formula is C34H46Co2Mo2O4-8. The van der Waals surface area contributed by atoms with Crippen LogP contribution in [0.2, 0.25) is 0 Å². The molecule has 0 aliphatic heterocycles. The van der Waals surface area contributed by atoms with E-state index in [-0.39, 0.29) is 75.7 Å². The van der Waals surface area contributed by atoms with Crippen molar-refractivity contribution in [3.8, 4) is 0 Å². The van der Waals surface area contributed by atoms with Gasteiger partial charge in [0.2, 0.25) is 0 Å². The van der Waals surface area contributed by atoms with Gasteiger partial charge in [-0.3, -0.25) is 20.4 Å². The maximum Gasteiger partial charge on any atom is 0 e. The largest absolute Gasteiger partial charge is 0.857 e. The van der Waals surface area contributed by atoms with Crippen LogP contribution < -0.4 is 5.11 Å². The summed E-state index contributed by atoms with van der Waals surface area (Å²) >= 11 is 0. The Hall–Kier alpha value is -1.24. The molecule has 0 amide bonds. The topological polar surface area (TPSA) is 74.3 Å². The van der Waals surface area contributed by atoms with Crippen LogP contribution in [0.5, 0.6) is 0 Å². The molecule has 0 bridgehead atoms. The molecule has 0 aliphatic rings. The van der Waals surface area contributed by atoms with E-state index in [4.69, 9.17) is 19.5 Å². The van der Waals surface area contributed by atoms with Crippen LogP contribution in [-0.2, 0) is 90.1 Å². The van der Waals surface area contributed by atoms with Gasteiger partial charge in [-0.05, 0) is 0 Å². The average molecular weight is 828 g/mol. The molecule has 0 N–H and O–H groups in total. The van der Waals surface area contributed by atoms with Crippen LogP contribution in [0.4, 0.5) is 0 Å². The van der Waals surface area contributed by atoms with Gasteiger partial charge in [0.1, 0.15) is 0 Å². The molecule has 0 unspecified atom stereocenters. The van der Waals surface area contributed by atoms with E-state index < -0.39 is 0 Å². The SMILES string of the molecule is C[O-].Cc1c(C)c(C)[c-](C)c1C.Cc1c(C)c(C)[c-](C)c1C.[CH-]=O.[CH-]=O.[CH-]=O.[Co].[Co].[Mo].[Mo].c1cc[cH-]c1.c1cc[cH-]c1. The van der Waals surface area contributed by atoms with Crippen molar-refractivity contribution >= 4 is 20.4 Å². The molecule has 4 aromatic carbocycles. The Bertz CT molecular complexity index is 771. The van der Waals surface area contributed by atoms with Gasteiger partial charge in [0.25, 0.3) is 0 Å². The predicted molar refractivity (Wildman–Crippen MR) is 162 cm³/mol. The summed E-state index contributed by atoms with van der Waals surface area (Å²) < 4.78 is 0. The zero-order valence-electron chi connectivity index (χ0n) is 26.6. The van der Waals surface area contributed by atoms with Gasteiger partial charge >= 0.3 is 0 Å². The van der Waals surface area contributed by atoms with Crippen LogP contribution in [0.15, 0.2) is 60.7 Å². The molecule has 0 heterocycles. The summed E-state index contributed by atoms with van der Waals surface area (Å²) in [6, 6.07) is 20.0. The number of hydrogen-bond donors (Lipinski definition) is 0. The number of carbonyl (C=O) groups excluding carboxylic acids is 3. The Labute approximate surface area is 305 Å². The third kappa shape index (κ3) is 23.2. The molecular weight excluding hydrogens is 782 g/mol. The van der Waals surface area contributed by atoms with E-state index in [0.717, 1.165) is 7.11 Å². The molecule has 42 heavy (non-hydrogen) atoms. The molecule has 0 saturated carbocycles. The fourth-order valence-corrected chi connectivity index (χ4v) is 3.45. The zero-order valence-corrected chi connectivity index (χ0v) is 32.7. The summed E-state index contributed by atoms with van der Waals surface area (Å²) in [6.45, 7) is 31.7. The van der Waals surface area contributed by atoms with Crippen LogP contribution in [0.3, 0.4) is 0 Å². The first-order valence-electron chi connectivity index (χ1n) is 11.9. The fraction of sp³-hybridized carbons (Fsp3) is 0.324. The van der Waals surface area contributed by atoms with E-state index in [1.54, 1.807) is 0 Å². The third-order valence-electron chi connectivity index (χ3n) is 6.74. The molecule has 0 fully saturated rings. The van der Waals surface area contributed by atoms with E-state index >= 15 is 0 Å². The van der Waals surface area contributed by atoms with Gasteiger partial charge in [0.15, 0.2) is 0 Å². The second-order valence-electron chi connectivity index (χ2n) is 8.17. The van der Waals surface area contributed by atoms with Gasteiger partial charge in [0, 0.05) is 75.7 Å². The Morgan fingerprint density at radius 2 is 0.619 bits per heavy atom. The molecule has 8 heteroatoms. The van der Waals surface area contributed by atoms with E-state index in [0.29, 0.717) is 0 Å². The Morgan fingerprint density at radius 1 is 0.476 bits per heavy atom. The molecule has 2 radical (unpaired) electrons. The van der Waals surface area contributed by atoms with Crippen molar-refractivity contribution in [1.29, 1.82) is 0 Å². The first-order chi connectivity index (χ1) is 18.1. The first-order valence-corrected chi connectivity index (χ1v) is 11.9. The fourth-order valence-electron chi connectivity index (χ4n) is 3.45. The molecule has 0 aromatic heterocycles. The summed E-state index contributed by atoms with van der Waals surface area (Å²) in [5, 5.41) is 8.25. The average Bonchev–Trinajstić information content (AvgIpc) is 3.81. The molecule has 0 spiro atoms. The zero-order chi connectivity index (χ0) is 30.8. The minimum atomic E-state index is 0. The van der Waals surface area contributed by atoms with Crippen molar-refractivity contribution in [2.45, 2.75) is 69.2 Å². The van der Waals surface area contributed by atoms with Gasteiger partial charge in [-0.1, -0.05) is 69.2 Å². The van der Waals surface area contributed by atoms with E-state index in [9.17, 15) is 0 Å². The van der Waals surface area contributed by atoms with Gasteiger partial charge in [-0.25, -0.2) is 24.3 Å². The van der Waals surface area contributed by atoms with Crippen molar-refractivity contribution < 1.29 is 95.2 Å². The van der Waals surface area contributed by atoms with Crippen LogP contribution in [0.25, 0.3) is 0 Å². The summed E-state index contributed by atoms with van der Waals surface area (Å²) in [6.07, 6.45) is 0. The normalized spacial score (nSPS) is 7.33. The van der Waals surface area contributed by atoms with E-state index in [2.05, 4.69) is 89.6 Å². The molecule has 0 saturated heterocycles. The van der Waals surface area contributed by atoms with Crippen molar-refractivity contribution in [2.75, 3.05) is 7.11 Å². The van der Waals surface area contributed by atoms with Crippen molar-refractivity contribution in [1.82, 2.24) is 0 Å². The summed E-state index contributed by atoms with van der Waals surface area (Å²) in [5.74, 6) is 0. The predicted octanol–water partition coefficient (Wildman–Crippen LogP) is 6.85. The standard InChI is InChI=1S/2C10H15.2C5H5.CH3O.3CHO.2Co.2Mo/c2*1-6-7(2)9(4)10(5)8(6)3;2*1-2-4-5-3-1;4*1-2;;;;/h2*1-5H3;2*1-5H;1H3;3*1H;;;;/q8*-1;;;;. The molecule has 0 aliphatic carbocycles. The number of rotatable bonds is 0. The molecule has 4 nitrogen and oxygen atoms in total. The van der Waals surface area contributed by atoms with Crippen LogP contribution in [-0.4, -0.2) is 27.5 Å². The van der Waals surface area contributed by atoms with Gasteiger partial charge in [-0.15, -0.1) is 0 Å². The van der Waals surface area contributed by atoms with Crippen LogP contribution >= 0.6 is 0 Å². The Balaban J connectivity index is -0.0000000564. The van der Waals surface area contributed by atoms with E-state index in [1.165, 1.54) is 55.6 Å². The maximum atomic E-state index is 8.25. The second-order valence-corrected chi connectivity index (χ2v) is 8.17. The number of hydrogen-bond acceptors (Lipinski definition) is 4. The van der Waals surface area contributed by atoms with Crippen molar-refractivity contribution in [2.24, 2.45) is 0 Å². The molecule has 4 aromatic rings.